The summed E-state index contributed by atoms with van der Waals surface area (Å²) in [6, 6.07) is 5.74. The molecule has 1 aromatic carbocycles. The van der Waals surface area contributed by atoms with E-state index in [-0.39, 0.29) is 0 Å². The monoisotopic (exact) mass is 276 g/mol. The smallest absolute Gasteiger partial charge is 0.142 e. The predicted octanol–water partition coefficient (Wildman–Crippen LogP) is 4.26. The molecule has 0 unspecified atom stereocenters. The van der Waals surface area contributed by atoms with Crippen LogP contribution in [0.1, 0.15) is 45.1 Å². The van der Waals surface area contributed by atoms with Crippen molar-refractivity contribution in [1.29, 1.82) is 0 Å². The Bertz CT molecular complexity index is 396. The number of carbonyl (C=O) groups excluding carboxylic acids is 1. The molecule has 0 saturated carbocycles. The standard InChI is InChI=1S/C17H24O3/c1-3-5-13-19-16-10-7-11-17(20-14-6-4-2)15(16)9-8-12-18/h7-12H,3-6,13-14H2,1-2H3. The average molecular weight is 276 g/mol. The molecule has 0 radical (unpaired) electrons. The van der Waals surface area contributed by atoms with Gasteiger partial charge >= 0.3 is 0 Å². The fraction of sp³-hybridized carbons (Fsp3) is 0.471. The third-order valence-corrected chi connectivity index (χ3v) is 2.88. The van der Waals surface area contributed by atoms with Gasteiger partial charge in [-0.1, -0.05) is 32.8 Å². The van der Waals surface area contributed by atoms with Crippen molar-refractivity contribution in [1.82, 2.24) is 0 Å². The van der Waals surface area contributed by atoms with Crippen LogP contribution < -0.4 is 9.47 Å². The molecular weight excluding hydrogens is 252 g/mol. The Morgan fingerprint density at radius 1 is 1.00 bits per heavy atom. The van der Waals surface area contributed by atoms with E-state index in [0.717, 1.165) is 49.0 Å². The van der Waals surface area contributed by atoms with Crippen LogP contribution in [0, 0.1) is 0 Å². The Morgan fingerprint density at radius 3 is 2.00 bits per heavy atom. The van der Waals surface area contributed by atoms with Crippen molar-refractivity contribution in [2.24, 2.45) is 0 Å². The average Bonchev–Trinajstić information content (AvgIpc) is 2.47. The second kappa shape index (κ2) is 10.1. The van der Waals surface area contributed by atoms with Gasteiger partial charge in [-0.25, -0.2) is 0 Å². The zero-order valence-electron chi connectivity index (χ0n) is 12.4. The van der Waals surface area contributed by atoms with Crippen LogP contribution in [0.4, 0.5) is 0 Å². The van der Waals surface area contributed by atoms with Crippen LogP contribution in [-0.2, 0) is 4.79 Å². The first kappa shape index (κ1) is 16.3. The molecule has 20 heavy (non-hydrogen) atoms. The Morgan fingerprint density at radius 2 is 1.55 bits per heavy atom. The van der Waals surface area contributed by atoms with Crippen molar-refractivity contribution in [3.05, 3.63) is 29.8 Å². The van der Waals surface area contributed by atoms with E-state index < -0.39 is 0 Å². The molecule has 1 aromatic rings. The van der Waals surface area contributed by atoms with Crippen molar-refractivity contribution < 1.29 is 14.3 Å². The van der Waals surface area contributed by atoms with E-state index in [0.29, 0.717) is 13.2 Å². The fourth-order valence-corrected chi connectivity index (χ4v) is 1.73. The van der Waals surface area contributed by atoms with E-state index in [2.05, 4.69) is 13.8 Å². The molecule has 0 bridgehead atoms. The first-order valence-corrected chi connectivity index (χ1v) is 7.33. The number of carbonyl (C=O) groups is 1. The van der Waals surface area contributed by atoms with Crippen LogP contribution in [0.25, 0.3) is 6.08 Å². The van der Waals surface area contributed by atoms with Crippen LogP contribution in [0.2, 0.25) is 0 Å². The quantitative estimate of drug-likeness (QED) is 0.364. The molecule has 0 heterocycles. The summed E-state index contributed by atoms with van der Waals surface area (Å²) in [4.78, 5) is 10.6. The van der Waals surface area contributed by atoms with Crippen LogP contribution in [0.3, 0.4) is 0 Å². The Balaban J connectivity index is 2.87. The predicted molar refractivity (Wildman–Crippen MR) is 82.3 cm³/mol. The molecule has 1 rings (SSSR count). The molecule has 3 nitrogen and oxygen atoms in total. The van der Waals surface area contributed by atoms with Crippen molar-refractivity contribution in [3.8, 4) is 11.5 Å². The molecule has 0 saturated heterocycles. The summed E-state index contributed by atoms with van der Waals surface area (Å²) in [6.07, 6.45) is 8.18. The summed E-state index contributed by atoms with van der Waals surface area (Å²) < 4.78 is 11.5. The third kappa shape index (κ3) is 5.47. The fourth-order valence-electron chi connectivity index (χ4n) is 1.73. The maximum atomic E-state index is 10.6. The number of hydrogen-bond acceptors (Lipinski definition) is 3. The summed E-state index contributed by atoms with van der Waals surface area (Å²) in [5, 5.41) is 0. The maximum Gasteiger partial charge on any atom is 0.142 e. The van der Waals surface area contributed by atoms with Gasteiger partial charge in [-0.3, -0.25) is 4.79 Å². The molecule has 0 aliphatic heterocycles. The minimum Gasteiger partial charge on any atom is -0.493 e. The van der Waals surface area contributed by atoms with Crippen LogP contribution in [0.15, 0.2) is 24.3 Å². The van der Waals surface area contributed by atoms with Crippen LogP contribution in [-0.4, -0.2) is 19.5 Å². The molecule has 0 amide bonds. The van der Waals surface area contributed by atoms with Gasteiger partial charge in [-0.2, -0.15) is 0 Å². The summed E-state index contributed by atoms with van der Waals surface area (Å²) in [5.41, 5.74) is 0.840. The second-order valence-corrected chi connectivity index (χ2v) is 4.57. The van der Waals surface area contributed by atoms with Gasteiger partial charge in [0.1, 0.15) is 17.8 Å². The Labute approximate surface area is 121 Å². The highest BCUT2D eigenvalue weighted by molar-refractivity contribution is 5.77. The van der Waals surface area contributed by atoms with Gasteiger partial charge in [0.15, 0.2) is 0 Å². The Kier molecular flexibility index (Phi) is 8.20. The lowest BCUT2D eigenvalue weighted by Gasteiger charge is -2.14. The van der Waals surface area contributed by atoms with E-state index >= 15 is 0 Å². The first-order valence-electron chi connectivity index (χ1n) is 7.33. The molecule has 0 spiro atoms. The van der Waals surface area contributed by atoms with Crippen molar-refractivity contribution >= 4 is 12.4 Å². The van der Waals surface area contributed by atoms with Crippen molar-refractivity contribution in [2.75, 3.05) is 13.2 Å². The van der Waals surface area contributed by atoms with E-state index in [9.17, 15) is 4.79 Å². The van der Waals surface area contributed by atoms with Gasteiger partial charge in [0.2, 0.25) is 0 Å². The lowest BCUT2D eigenvalue weighted by molar-refractivity contribution is -0.104. The minimum atomic E-state index is 0.677. The molecule has 3 heteroatoms. The molecule has 0 fully saturated rings. The van der Waals surface area contributed by atoms with E-state index in [1.54, 1.807) is 6.08 Å². The highest BCUT2D eigenvalue weighted by Gasteiger charge is 2.08. The van der Waals surface area contributed by atoms with Gasteiger partial charge in [0.05, 0.1) is 18.8 Å². The number of unbranched alkanes of at least 4 members (excludes halogenated alkanes) is 2. The number of rotatable bonds is 10. The number of aldehydes is 1. The third-order valence-electron chi connectivity index (χ3n) is 2.88. The second-order valence-electron chi connectivity index (χ2n) is 4.57. The number of benzene rings is 1. The maximum absolute atomic E-state index is 10.6. The Hall–Kier alpha value is -1.77. The van der Waals surface area contributed by atoms with Gasteiger partial charge in [-0.05, 0) is 37.1 Å². The summed E-state index contributed by atoms with van der Waals surface area (Å²) in [7, 11) is 0. The highest BCUT2D eigenvalue weighted by atomic mass is 16.5. The zero-order chi connectivity index (χ0) is 14.6. The first-order chi connectivity index (χ1) is 9.83. The van der Waals surface area contributed by atoms with E-state index in [1.165, 1.54) is 6.08 Å². The number of hydrogen-bond donors (Lipinski definition) is 0. The molecule has 0 atom stereocenters. The van der Waals surface area contributed by atoms with Crippen molar-refractivity contribution in [3.63, 3.8) is 0 Å². The lowest BCUT2D eigenvalue weighted by Crippen LogP contribution is -2.02. The number of allylic oxidation sites excluding steroid dienone is 1. The molecule has 0 aliphatic carbocycles. The van der Waals surface area contributed by atoms with Crippen LogP contribution in [0.5, 0.6) is 11.5 Å². The lowest BCUT2D eigenvalue weighted by atomic mass is 10.1. The zero-order valence-corrected chi connectivity index (χ0v) is 12.4. The molecular formula is C17H24O3. The van der Waals surface area contributed by atoms with E-state index in [1.807, 2.05) is 18.2 Å². The molecule has 0 aliphatic rings. The van der Waals surface area contributed by atoms with Gasteiger partial charge < -0.3 is 9.47 Å². The van der Waals surface area contributed by atoms with Crippen LogP contribution >= 0.6 is 0 Å². The summed E-state index contributed by atoms with van der Waals surface area (Å²) >= 11 is 0. The highest BCUT2D eigenvalue weighted by Crippen LogP contribution is 2.30. The largest absolute Gasteiger partial charge is 0.493 e. The summed E-state index contributed by atoms with van der Waals surface area (Å²) in [6.45, 7) is 5.61. The topological polar surface area (TPSA) is 35.5 Å². The summed E-state index contributed by atoms with van der Waals surface area (Å²) in [5.74, 6) is 1.54. The molecule has 0 aromatic heterocycles. The van der Waals surface area contributed by atoms with Gasteiger partial charge in [-0.15, -0.1) is 0 Å². The van der Waals surface area contributed by atoms with Gasteiger partial charge in [0, 0.05) is 0 Å². The number of ether oxygens (including phenoxy) is 2. The van der Waals surface area contributed by atoms with Crippen molar-refractivity contribution in [2.45, 2.75) is 39.5 Å². The van der Waals surface area contributed by atoms with Gasteiger partial charge in [0.25, 0.3) is 0 Å². The minimum absolute atomic E-state index is 0.677. The molecule has 0 N–H and O–H groups in total. The SMILES string of the molecule is CCCCOc1cccc(OCCCC)c1C=CC=O. The molecule has 110 valence electrons. The van der Waals surface area contributed by atoms with E-state index in [4.69, 9.17) is 9.47 Å². The normalized spacial score (nSPS) is 10.7.